The number of fused-ring (bicyclic) bond motifs is 3. The molecular weight excluding hydrogens is 392 g/mol. The van der Waals surface area contributed by atoms with E-state index in [1.807, 2.05) is 18.2 Å². The van der Waals surface area contributed by atoms with E-state index >= 15 is 0 Å². The Hall–Kier alpha value is -3.27. The molecule has 4 rings (SSSR count). The largest absolute Gasteiger partial charge is 0.497 e. The highest BCUT2D eigenvalue weighted by Gasteiger charge is 2.22. The number of thiazole rings is 1. The Morgan fingerprint density at radius 1 is 1.31 bits per heavy atom. The zero-order chi connectivity index (χ0) is 20.7. The summed E-state index contributed by atoms with van der Waals surface area (Å²) in [6.45, 7) is -0.0819. The summed E-state index contributed by atoms with van der Waals surface area (Å²) in [6.07, 6.45) is 1.78. The van der Waals surface area contributed by atoms with Crippen molar-refractivity contribution in [2.45, 2.75) is 12.8 Å². The lowest BCUT2D eigenvalue weighted by Crippen LogP contribution is -2.25. The predicted molar refractivity (Wildman–Crippen MR) is 114 cm³/mol. The smallest absolute Gasteiger partial charge is 0.292 e. The number of anilines is 3. The monoisotopic (exact) mass is 414 g/mol. The van der Waals surface area contributed by atoms with Gasteiger partial charge in [0.15, 0.2) is 5.13 Å². The number of hydrogen-bond donors (Lipinski definition) is 3. The number of nitrogens with zero attached hydrogens (tertiary/aromatic N) is 3. The SMILES string of the molecule is COc1ccc2c(c1)CCc1sc(NC(=O)CNc3c(N)n(C)n(C)c3=O)nc1-2. The molecule has 0 atom stereocenters. The minimum atomic E-state index is -0.295. The Balaban J connectivity index is 1.47. The number of hydrogen-bond acceptors (Lipinski definition) is 7. The highest BCUT2D eigenvalue weighted by atomic mass is 32.1. The number of nitrogens with one attached hydrogen (secondary N) is 2. The van der Waals surface area contributed by atoms with Gasteiger partial charge in [-0.15, -0.1) is 11.3 Å². The van der Waals surface area contributed by atoms with Gasteiger partial charge in [-0.1, -0.05) is 0 Å². The molecule has 29 heavy (non-hydrogen) atoms. The fourth-order valence-corrected chi connectivity index (χ4v) is 4.39. The lowest BCUT2D eigenvalue weighted by atomic mass is 9.93. The molecule has 0 radical (unpaired) electrons. The first-order chi connectivity index (χ1) is 13.9. The quantitative estimate of drug-likeness (QED) is 0.584. The molecular formula is C19H22N6O3S. The second kappa shape index (κ2) is 7.28. The number of nitrogen functional groups attached to an aromatic ring is 1. The van der Waals surface area contributed by atoms with Crippen LogP contribution in [0.15, 0.2) is 23.0 Å². The van der Waals surface area contributed by atoms with Crippen molar-refractivity contribution in [2.75, 3.05) is 30.0 Å². The van der Waals surface area contributed by atoms with Crippen molar-refractivity contribution in [2.24, 2.45) is 14.1 Å². The van der Waals surface area contributed by atoms with Crippen molar-refractivity contribution in [1.29, 1.82) is 0 Å². The maximum atomic E-state index is 12.4. The van der Waals surface area contributed by atoms with E-state index in [0.29, 0.717) is 5.13 Å². The number of carbonyl (C=O) groups is 1. The van der Waals surface area contributed by atoms with Gasteiger partial charge in [0.1, 0.15) is 17.3 Å². The number of nitrogens with two attached hydrogens (primary N) is 1. The van der Waals surface area contributed by atoms with Crippen molar-refractivity contribution >= 4 is 33.9 Å². The third-order valence-corrected chi connectivity index (χ3v) is 6.15. The zero-order valence-electron chi connectivity index (χ0n) is 16.4. The summed E-state index contributed by atoms with van der Waals surface area (Å²) in [5.41, 5.74) is 9.00. The van der Waals surface area contributed by atoms with Crippen molar-refractivity contribution in [1.82, 2.24) is 14.3 Å². The van der Waals surface area contributed by atoms with Crippen LogP contribution in [0.5, 0.6) is 5.75 Å². The molecule has 10 heteroatoms. The summed E-state index contributed by atoms with van der Waals surface area (Å²) in [6, 6.07) is 5.96. The molecule has 1 aromatic carbocycles. The van der Waals surface area contributed by atoms with E-state index in [9.17, 15) is 9.59 Å². The highest BCUT2D eigenvalue weighted by Crippen LogP contribution is 2.39. The summed E-state index contributed by atoms with van der Waals surface area (Å²) in [4.78, 5) is 30.3. The second-order valence-corrected chi connectivity index (χ2v) is 7.91. The van der Waals surface area contributed by atoms with Gasteiger partial charge in [0.25, 0.3) is 5.56 Å². The molecule has 0 saturated heterocycles. The lowest BCUT2D eigenvalue weighted by molar-refractivity contribution is -0.114. The van der Waals surface area contributed by atoms with Crippen LogP contribution in [0.3, 0.4) is 0 Å². The third kappa shape index (κ3) is 3.35. The molecule has 0 fully saturated rings. The minimum absolute atomic E-state index is 0.0819. The van der Waals surface area contributed by atoms with Gasteiger partial charge in [-0.05, 0) is 36.6 Å². The molecule has 1 aliphatic carbocycles. The van der Waals surface area contributed by atoms with Crippen LogP contribution < -0.4 is 26.7 Å². The van der Waals surface area contributed by atoms with Crippen molar-refractivity contribution in [3.63, 3.8) is 0 Å². The summed E-state index contributed by atoms with van der Waals surface area (Å²) in [5.74, 6) is 0.812. The Labute approximate surface area is 171 Å². The zero-order valence-corrected chi connectivity index (χ0v) is 17.2. The maximum Gasteiger partial charge on any atom is 0.292 e. The number of amides is 1. The number of methoxy groups -OCH3 is 1. The first-order valence-corrected chi connectivity index (χ1v) is 9.93. The average Bonchev–Trinajstić information content (AvgIpc) is 3.21. The fraction of sp³-hybridized carbons (Fsp3) is 0.316. The molecule has 0 saturated carbocycles. The first kappa shape index (κ1) is 19.1. The summed E-state index contributed by atoms with van der Waals surface area (Å²) in [5, 5.41) is 6.17. The van der Waals surface area contributed by atoms with Crippen LogP contribution in [-0.2, 0) is 31.7 Å². The number of aromatic nitrogens is 3. The standard InChI is InChI=1S/C19H22N6O3S/c1-24-17(20)16(18(27)25(24)2)21-9-14(26)22-19-23-15-12-6-5-11(28-3)8-10(12)4-7-13(15)29-19/h5-6,8,21H,4,7,9,20H2,1-3H3,(H,22,23,26). The molecule has 3 aromatic rings. The topological polar surface area (TPSA) is 116 Å². The van der Waals surface area contributed by atoms with E-state index in [4.69, 9.17) is 10.5 Å². The number of rotatable bonds is 5. The van der Waals surface area contributed by atoms with Crippen LogP contribution in [0.25, 0.3) is 11.3 Å². The van der Waals surface area contributed by atoms with Gasteiger partial charge in [0.05, 0.1) is 19.3 Å². The van der Waals surface area contributed by atoms with E-state index in [1.54, 1.807) is 21.2 Å². The Bertz CT molecular complexity index is 1160. The van der Waals surface area contributed by atoms with Gasteiger partial charge in [0.2, 0.25) is 5.91 Å². The first-order valence-electron chi connectivity index (χ1n) is 9.11. The summed E-state index contributed by atoms with van der Waals surface area (Å²) >= 11 is 1.48. The van der Waals surface area contributed by atoms with Crippen molar-refractivity contribution < 1.29 is 9.53 Å². The molecule has 1 amide bonds. The Morgan fingerprint density at radius 2 is 2.10 bits per heavy atom. The molecule has 9 nitrogen and oxygen atoms in total. The highest BCUT2D eigenvalue weighted by molar-refractivity contribution is 7.16. The van der Waals surface area contributed by atoms with Crippen LogP contribution in [0, 0.1) is 0 Å². The Kier molecular flexibility index (Phi) is 4.79. The van der Waals surface area contributed by atoms with Crippen LogP contribution in [-0.4, -0.2) is 33.9 Å². The molecule has 2 heterocycles. The van der Waals surface area contributed by atoms with Crippen molar-refractivity contribution in [3.05, 3.63) is 39.0 Å². The van der Waals surface area contributed by atoms with Gasteiger partial charge in [-0.3, -0.25) is 19.0 Å². The normalized spacial score (nSPS) is 12.2. The van der Waals surface area contributed by atoms with Gasteiger partial charge in [-0.2, -0.15) is 0 Å². The van der Waals surface area contributed by atoms with E-state index in [-0.39, 0.29) is 29.5 Å². The van der Waals surface area contributed by atoms with E-state index < -0.39 is 0 Å². The number of ether oxygens (including phenoxy) is 1. The molecule has 0 unspecified atom stereocenters. The number of benzene rings is 1. The summed E-state index contributed by atoms with van der Waals surface area (Å²) in [7, 11) is 4.94. The molecule has 0 bridgehead atoms. The lowest BCUT2D eigenvalue weighted by Gasteiger charge is -2.15. The van der Waals surface area contributed by atoms with Crippen LogP contribution in [0.1, 0.15) is 10.4 Å². The average molecular weight is 414 g/mol. The maximum absolute atomic E-state index is 12.4. The third-order valence-electron chi connectivity index (χ3n) is 5.12. The fourth-order valence-electron chi connectivity index (χ4n) is 3.40. The molecule has 4 N–H and O–H groups in total. The van der Waals surface area contributed by atoms with Crippen LogP contribution in [0.4, 0.5) is 16.6 Å². The Morgan fingerprint density at radius 3 is 2.79 bits per heavy atom. The van der Waals surface area contributed by atoms with Gasteiger partial charge in [-0.25, -0.2) is 4.98 Å². The van der Waals surface area contributed by atoms with Crippen molar-refractivity contribution in [3.8, 4) is 17.0 Å². The number of carbonyl (C=O) groups excluding carboxylic acids is 1. The van der Waals surface area contributed by atoms with Gasteiger partial charge in [0, 0.05) is 24.5 Å². The molecule has 2 aromatic heterocycles. The minimum Gasteiger partial charge on any atom is -0.497 e. The molecule has 1 aliphatic rings. The molecule has 152 valence electrons. The molecule has 0 aliphatic heterocycles. The number of aryl methyl sites for hydroxylation is 2. The molecule has 0 spiro atoms. The second-order valence-electron chi connectivity index (χ2n) is 6.83. The predicted octanol–water partition coefficient (Wildman–Crippen LogP) is 1.59. The van der Waals surface area contributed by atoms with Gasteiger partial charge >= 0.3 is 0 Å². The van der Waals surface area contributed by atoms with E-state index in [0.717, 1.165) is 34.7 Å². The van der Waals surface area contributed by atoms with Gasteiger partial charge < -0.3 is 21.1 Å². The van der Waals surface area contributed by atoms with E-state index in [1.165, 1.54) is 26.3 Å². The van der Waals surface area contributed by atoms with E-state index in [2.05, 4.69) is 15.6 Å². The summed E-state index contributed by atoms with van der Waals surface area (Å²) < 4.78 is 8.19. The van der Waals surface area contributed by atoms with Crippen LogP contribution >= 0.6 is 11.3 Å². The van der Waals surface area contributed by atoms with Crippen LogP contribution in [0.2, 0.25) is 0 Å².